The Kier molecular flexibility index (Phi) is 4.55. The summed E-state index contributed by atoms with van der Waals surface area (Å²) in [4.78, 5) is 17.4. The third-order valence-corrected chi connectivity index (χ3v) is 3.36. The van der Waals surface area contributed by atoms with Crippen LogP contribution in [0.25, 0.3) is 0 Å². The largest absolute Gasteiger partial charge is 0.445 e. The number of carbonyl (C=O) groups is 1. The van der Waals surface area contributed by atoms with Gasteiger partial charge < -0.3 is 9.73 Å². The number of aryl methyl sites for hydroxylation is 2. The fraction of sp³-hybridized carbons (Fsp3) is 0.692. The molecule has 1 aromatic heterocycles. The van der Waals surface area contributed by atoms with E-state index in [0.29, 0.717) is 31.0 Å². The Morgan fingerprint density at radius 3 is 2.76 bits per heavy atom. The first-order valence-corrected chi connectivity index (χ1v) is 6.78. The molecule has 5 nitrogen and oxygen atoms in total. The van der Waals surface area contributed by atoms with E-state index in [2.05, 4.69) is 10.3 Å². The molecule has 1 aliphatic rings. The van der Waals surface area contributed by atoms with Gasteiger partial charge in [-0.25, -0.2) is 4.98 Å². The molecule has 0 aliphatic carbocycles. The van der Waals surface area contributed by atoms with E-state index >= 15 is 0 Å². The summed E-state index contributed by atoms with van der Waals surface area (Å²) < 4.78 is 42.4. The lowest BCUT2D eigenvalue weighted by Crippen LogP contribution is -2.50. The maximum absolute atomic E-state index is 12.4. The fourth-order valence-corrected chi connectivity index (χ4v) is 2.56. The minimum absolute atomic E-state index is 0.195. The van der Waals surface area contributed by atoms with Crippen LogP contribution in [0.1, 0.15) is 35.0 Å². The molecule has 118 valence electrons. The number of carbonyl (C=O) groups excluding carboxylic acids is 1. The molecular weight excluding hydrogens is 287 g/mol. The molecule has 0 spiro atoms. The van der Waals surface area contributed by atoms with E-state index in [9.17, 15) is 18.0 Å². The third-order valence-electron chi connectivity index (χ3n) is 3.36. The normalized spacial score (nSPS) is 20.5. The van der Waals surface area contributed by atoms with Crippen molar-refractivity contribution in [1.82, 2.24) is 15.2 Å². The molecule has 1 amide bonds. The van der Waals surface area contributed by atoms with Crippen LogP contribution in [0.15, 0.2) is 4.42 Å². The Labute approximate surface area is 120 Å². The molecule has 1 N–H and O–H groups in total. The average molecular weight is 305 g/mol. The Morgan fingerprint density at radius 1 is 1.48 bits per heavy atom. The van der Waals surface area contributed by atoms with Crippen molar-refractivity contribution in [2.24, 2.45) is 0 Å². The lowest BCUT2D eigenvalue weighted by atomic mass is 10.1. The zero-order chi connectivity index (χ0) is 15.6. The topological polar surface area (TPSA) is 58.4 Å². The molecule has 2 rings (SSSR count). The van der Waals surface area contributed by atoms with Gasteiger partial charge in [0, 0.05) is 19.5 Å². The zero-order valence-electron chi connectivity index (χ0n) is 12.0. The number of alkyl halides is 3. The van der Waals surface area contributed by atoms with Crippen molar-refractivity contribution in [1.29, 1.82) is 0 Å². The van der Waals surface area contributed by atoms with Gasteiger partial charge in [0.2, 0.25) is 0 Å². The van der Waals surface area contributed by atoms with Crippen LogP contribution in [0.2, 0.25) is 0 Å². The molecule has 21 heavy (non-hydrogen) atoms. The molecule has 1 aromatic rings. The first-order valence-electron chi connectivity index (χ1n) is 6.78. The summed E-state index contributed by atoms with van der Waals surface area (Å²) in [6.45, 7) is 2.91. The van der Waals surface area contributed by atoms with Crippen molar-refractivity contribution in [3.63, 3.8) is 0 Å². The van der Waals surface area contributed by atoms with Gasteiger partial charge in [0.1, 0.15) is 5.76 Å². The molecular formula is C13H18F3N3O2. The highest BCUT2D eigenvalue weighted by atomic mass is 19.4. The maximum Gasteiger partial charge on any atom is 0.401 e. The minimum Gasteiger partial charge on any atom is -0.445 e. The highest BCUT2D eigenvalue weighted by Gasteiger charge is 2.33. The summed E-state index contributed by atoms with van der Waals surface area (Å²) in [5, 5.41) is 2.73. The van der Waals surface area contributed by atoms with Crippen LogP contribution in [0, 0.1) is 13.8 Å². The SMILES string of the molecule is Cc1nc(C(=O)N[C@@H]2CCCN(CC(F)(F)F)C2)c(C)o1. The Hall–Kier alpha value is -1.57. The van der Waals surface area contributed by atoms with Crippen molar-refractivity contribution >= 4 is 5.91 Å². The quantitative estimate of drug-likeness (QED) is 0.928. The molecule has 1 saturated heterocycles. The molecule has 1 aliphatic heterocycles. The van der Waals surface area contributed by atoms with Crippen molar-refractivity contribution < 1.29 is 22.4 Å². The number of oxazole rings is 1. The van der Waals surface area contributed by atoms with E-state index in [0.717, 1.165) is 0 Å². The second-order valence-corrected chi connectivity index (χ2v) is 5.30. The van der Waals surface area contributed by atoms with Gasteiger partial charge in [-0.2, -0.15) is 13.2 Å². The third kappa shape index (κ3) is 4.45. The fourth-order valence-electron chi connectivity index (χ4n) is 2.56. The van der Waals surface area contributed by atoms with Crippen molar-refractivity contribution in [3.05, 3.63) is 17.3 Å². The number of amides is 1. The Bertz CT molecular complexity index is 513. The molecule has 1 fully saturated rings. The van der Waals surface area contributed by atoms with E-state index in [-0.39, 0.29) is 18.3 Å². The van der Waals surface area contributed by atoms with Gasteiger partial charge in [-0.3, -0.25) is 9.69 Å². The van der Waals surface area contributed by atoms with Crippen LogP contribution in [0.3, 0.4) is 0 Å². The number of aromatic nitrogens is 1. The Balaban J connectivity index is 1.93. The second kappa shape index (κ2) is 6.05. The lowest BCUT2D eigenvalue weighted by molar-refractivity contribution is -0.148. The number of rotatable bonds is 3. The van der Waals surface area contributed by atoms with Gasteiger partial charge >= 0.3 is 6.18 Å². The average Bonchev–Trinajstić information content (AvgIpc) is 2.66. The standard InChI is InChI=1S/C13H18F3N3O2/c1-8-11(17-9(2)21-8)12(20)18-10-4-3-5-19(6-10)7-13(14,15)16/h10H,3-7H2,1-2H3,(H,18,20)/t10-/m1/s1. The summed E-state index contributed by atoms with van der Waals surface area (Å²) in [5.74, 6) is 0.399. The van der Waals surface area contributed by atoms with Crippen LogP contribution in [0.4, 0.5) is 13.2 Å². The van der Waals surface area contributed by atoms with Crippen LogP contribution < -0.4 is 5.32 Å². The lowest BCUT2D eigenvalue weighted by Gasteiger charge is -2.33. The van der Waals surface area contributed by atoms with Gasteiger partial charge in [-0.05, 0) is 26.3 Å². The predicted molar refractivity (Wildman–Crippen MR) is 69.0 cm³/mol. The van der Waals surface area contributed by atoms with E-state index in [1.165, 1.54) is 4.90 Å². The van der Waals surface area contributed by atoms with Crippen LogP contribution in [-0.2, 0) is 0 Å². The zero-order valence-corrected chi connectivity index (χ0v) is 12.0. The number of hydrogen-bond acceptors (Lipinski definition) is 4. The van der Waals surface area contributed by atoms with Gasteiger partial charge in [0.25, 0.3) is 5.91 Å². The number of hydrogen-bond donors (Lipinski definition) is 1. The van der Waals surface area contributed by atoms with Gasteiger partial charge in [0.15, 0.2) is 11.6 Å². The van der Waals surface area contributed by atoms with Crippen molar-refractivity contribution in [2.75, 3.05) is 19.6 Å². The van der Waals surface area contributed by atoms with Gasteiger partial charge in [-0.15, -0.1) is 0 Å². The summed E-state index contributed by atoms with van der Waals surface area (Å²) in [6, 6.07) is -0.301. The molecule has 8 heteroatoms. The minimum atomic E-state index is -4.22. The molecule has 0 unspecified atom stereocenters. The Morgan fingerprint density at radius 2 is 2.19 bits per heavy atom. The number of nitrogens with zero attached hydrogens (tertiary/aromatic N) is 2. The van der Waals surface area contributed by atoms with Crippen LogP contribution in [-0.4, -0.2) is 47.6 Å². The first kappa shape index (κ1) is 15.8. The smallest absolute Gasteiger partial charge is 0.401 e. The highest BCUT2D eigenvalue weighted by molar-refractivity contribution is 5.93. The van der Waals surface area contributed by atoms with E-state index in [1.54, 1.807) is 13.8 Å². The van der Waals surface area contributed by atoms with E-state index < -0.39 is 18.6 Å². The number of halogens is 3. The summed E-state index contributed by atoms with van der Waals surface area (Å²) in [7, 11) is 0. The summed E-state index contributed by atoms with van der Waals surface area (Å²) >= 11 is 0. The van der Waals surface area contributed by atoms with Crippen LogP contribution >= 0.6 is 0 Å². The maximum atomic E-state index is 12.4. The van der Waals surface area contributed by atoms with Gasteiger partial charge in [-0.1, -0.05) is 0 Å². The van der Waals surface area contributed by atoms with Gasteiger partial charge in [0.05, 0.1) is 6.54 Å². The van der Waals surface area contributed by atoms with Crippen molar-refractivity contribution in [3.8, 4) is 0 Å². The number of piperidine rings is 1. The van der Waals surface area contributed by atoms with Crippen LogP contribution in [0.5, 0.6) is 0 Å². The highest BCUT2D eigenvalue weighted by Crippen LogP contribution is 2.20. The van der Waals surface area contributed by atoms with E-state index in [1.807, 2.05) is 0 Å². The monoisotopic (exact) mass is 305 g/mol. The van der Waals surface area contributed by atoms with E-state index in [4.69, 9.17) is 4.42 Å². The first-order chi connectivity index (χ1) is 9.74. The van der Waals surface area contributed by atoms with Crippen molar-refractivity contribution in [2.45, 2.75) is 38.9 Å². The molecule has 0 bridgehead atoms. The molecule has 0 saturated carbocycles. The number of nitrogens with one attached hydrogen (secondary N) is 1. The predicted octanol–water partition coefficient (Wildman–Crippen LogP) is 2.05. The number of likely N-dealkylation sites (tertiary alicyclic amines) is 1. The molecule has 1 atom stereocenters. The molecule has 0 aromatic carbocycles. The molecule has 0 radical (unpaired) electrons. The summed E-state index contributed by atoms with van der Waals surface area (Å²) in [5.41, 5.74) is 0.195. The second-order valence-electron chi connectivity index (χ2n) is 5.30. The molecule has 2 heterocycles. The summed E-state index contributed by atoms with van der Waals surface area (Å²) in [6.07, 6.45) is -2.93.